The zero-order valence-corrected chi connectivity index (χ0v) is 17.4. The minimum absolute atomic E-state index is 0.0276. The molecule has 0 saturated carbocycles. The van der Waals surface area contributed by atoms with E-state index in [1.54, 1.807) is 19.2 Å². The molecule has 1 aliphatic heterocycles. The van der Waals surface area contributed by atoms with Gasteiger partial charge in [0.15, 0.2) is 0 Å². The van der Waals surface area contributed by atoms with Crippen LogP contribution in [-0.2, 0) is 9.84 Å². The highest BCUT2D eigenvalue weighted by atomic mass is 32.2. The van der Waals surface area contributed by atoms with E-state index in [-0.39, 0.29) is 9.92 Å². The second-order valence-electron chi connectivity index (χ2n) is 7.22. The summed E-state index contributed by atoms with van der Waals surface area (Å²) in [5.41, 5.74) is 1.87. The monoisotopic (exact) mass is 412 g/mol. The van der Waals surface area contributed by atoms with E-state index in [1.807, 2.05) is 36.1 Å². The van der Waals surface area contributed by atoms with Crippen molar-refractivity contribution in [1.82, 2.24) is 4.98 Å². The molecular weight excluding hydrogens is 388 g/mol. The summed E-state index contributed by atoms with van der Waals surface area (Å²) in [5.74, 6) is 1.24. The summed E-state index contributed by atoms with van der Waals surface area (Å²) in [6.07, 6.45) is 3.14. The number of methoxy groups -OCH3 is 1. The van der Waals surface area contributed by atoms with Gasteiger partial charge in [0.05, 0.1) is 12.0 Å². The summed E-state index contributed by atoms with van der Waals surface area (Å²) < 4.78 is 38.0. The van der Waals surface area contributed by atoms with Crippen LogP contribution in [0, 0.1) is 6.92 Å². The van der Waals surface area contributed by atoms with Gasteiger partial charge in [-0.05, 0) is 62.6 Å². The first-order valence-electron chi connectivity index (χ1n) is 9.71. The molecule has 0 amide bonds. The average molecular weight is 413 g/mol. The maximum atomic E-state index is 13.4. The van der Waals surface area contributed by atoms with Crippen molar-refractivity contribution in [2.24, 2.45) is 0 Å². The third-order valence-electron chi connectivity index (χ3n) is 5.15. The lowest BCUT2D eigenvalue weighted by molar-refractivity contribution is 0.414. The van der Waals surface area contributed by atoms with E-state index < -0.39 is 9.84 Å². The number of aromatic nitrogens is 1. The van der Waals surface area contributed by atoms with Crippen molar-refractivity contribution >= 4 is 15.7 Å². The fourth-order valence-electron chi connectivity index (χ4n) is 3.46. The van der Waals surface area contributed by atoms with Crippen LogP contribution in [0.25, 0.3) is 11.5 Å². The summed E-state index contributed by atoms with van der Waals surface area (Å²) in [7, 11) is -2.30. The first kappa shape index (κ1) is 19.5. The van der Waals surface area contributed by atoms with Crippen LogP contribution in [0.15, 0.2) is 62.9 Å². The second kappa shape index (κ2) is 7.91. The van der Waals surface area contributed by atoms with Crippen LogP contribution in [0.4, 0.5) is 5.88 Å². The summed E-state index contributed by atoms with van der Waals surface area (Å²) in [5, 5.41) is -0.0276. The number of rotatable bonds is 5. The van der Waals surface area contributed by atoms with E-state index in [1.165, 1.54) is 12.1 Å². The number of ether oxygens (including phenoxy) is 1. The Bertz CT molecular complexity index is 1080. The first-order valence-corrected chi connectivity index (χ1v) is 11.2. The number of nitrogens with zero attached hydrogens (tertiary/aromatic N) is 2. The maximum absolute atomic E-state index is 13.4. The molecule has 0 spiro atoms. The number of hydrogen-bond donors (Lipinski definition) is 0. The fraction of sp³-hybridized carbons (Fsp3) is 0.318. The Morgan fingerprint density at radius 1 is 0.966 bits per heavy atom. The average Bonchev–Trinajstić information content (AvgIpc) is 3.21. The number of aryl methyl sites for hydroxylation is 1. The van der Waals surface area contributed by atoms with Crippen molar-refractivity contribution in [1.29, 1.82) is 0 Å². The van der Waals surface area contributed by atoms with Crippen LogP contribution in [0.3, 0.4) is 0 Å². The second-order valence-corrected chi connectivity index (χ2v) is 9.09. The summed E-state index contributed by atoms with van der Waals surface area (Å²) in [6, 6.07) is 14.0. The molecular formula is C22H24N2O4S. The molecule has 152 valence electrons. The van der Waals surface area contributed by atoms with E-state index >= 15 is 0 Å². The third-order valence-corrected chi connectivity index (χ3v) is 6.81. The molecule has 1 aromatic heterocycles. The van der Waals surface area contributed by atoms with Crippen LogP contribution in [-0.4, -0.2) is 33.6 Å². The van der Waals surface area contributed by atoms with E-state index in [0.29, 0.717) is 17.5 Å². The molecule has 29 heavy (non-hydrogen) atoms. The van der Waals surface area contributed by atoms with Gasteiger partial charge in [0.25, 0.3) is 0 Å². The van der Waals surface area contributed by atoms with Crippen molar-refractivity contribution < 1.29 is 17.6 Å². The van der Waals surface area contributed by atoms with E-state index in [2.05, 4.69) is 4.98 Å². The molecule has 2 aromatic carbocycles. The fourth-order valence-corrected chi connectivity index (χ4v) is 4.78. The minimum Gasteiger partial charge on any atom is -0.497 e. The zero-order chi connectivity index (χ0) is 20.4. The molecule has 0 bridgehead atoms. The lowest BCUT2D eigenvalue weighted by Crippen LogP contribution is -2.30. The molecule has 6 nitrogen and oxygen atoms in total. The van der Waals surface area contributed by atoms with Crippen molar-refractivity contribution in [3.05, 3.63) is 54.1 Å². The lowest BCUT2D eigenvalue weighted by Gasteiger charge is -2.26. The standard InChI is InChI=1S/C22H24N2O4S/c1-16-6-8-17(9-7-16)20-23-21(22(28-20)24-14-4-3-5-15-24)29(25,26)19-12-10-18(27-2)11-13-19/h6-13H,3-5,14-15H2,1-2H3. The molecule has 7 heteroatoms. The van der Waals surface area contributed by atoms with Gasteiger partial charge in [0, 0.05) is 18.7 Å². The highest BCUT2D eigenvalue weighted by Crippen LogP contribution is 2.36. The first-order chi connectivity index (χ1) is 14.0. The predicted octanol–water partition coefficient (Wildman–Crippen LogP) is 4.48. The molecule has 2 heterocycles. The van der Waals surface area contributed by atoms with Gasteiger partial charge in [0.1, 0.15) is 5.75 Å². The van der Waals surface area contributed by atoms with E-state index in [9.17, 15) is 8.42 Å². The van der Waals surface area contributed by atoms with Gasteiger partial charge >= 0.3 is 0 Å². The summed E-state index contributed by atoms with van der Waals surface area (Å²) in [4.78, 5) is 6.61. The number of hydrogen-bond acceptors (Lipinski definition) is 6. The van der Waals surface area contributed by atoms with Gasteiger partial charge < -0.3 is 14.1 Å². The smallest absolute Gasteiger partial charge is 0.236 e. The van der Waals surface area contributed by atoms with Crippen LogP contribution in [0.1, 0.15) is 24.8 Å². The van der Waals surface area contributed by atoms with Crippen LogP contribution < -0.4 is 9.64 Å². The number of anilines is 1. The third kappa shape index (κ3) is 3.87. The topological polar surface area (TPSA) is 72.6 Å². The molecule has 1 fully saturated rings. The number of sulfone groups is 1. The predicted molar refractivity (Wildman–Crippen MR) is 111 cm³/mol. The van der Waals surface area contributed by atoms with Crippen molar-refractivity contribution in [2.75, 3.05) is 25.1 Å². The summed E-state index contributed by atoms with van der Waals surface area (Å²) >= 11 is 0. The Hall–Kier alpha value is -2.80. The minimum atomic E-state index is -3.84. The van der Waals surface area contributed by atoms with E-state index in [4.69, 9.17) is 9.15 Å². The molecule has 4 rings (SSSR count). The Morgan fingerprint density at radius 2 is 1.62 bits per heavy atom. The van der Waals surface area contributed by atoms with Crippen molar-refractivity contribution in [2.45, 2.75) is 36.1 Å². The van der Waals surface area contributed by atoms with E-state index in [0.717, 1.165) is 43.5 Å². The Labute approximate surface area is 171 Å². The molecule has 0 N–H and O–H groups in total. The Balaban J connectivity index is 1.82. The van der Waals surface area contributed by atoms with Crippen molar-refractivity contribution in [3.8, 4) is 17.2 Å². The number of oxazole rings is 1. The van der Waals surface area contributed by atoms with Crippen LogP contribution in [0.2, 0.25) is 0 Å². The lowest BCUT2D eigenvalue weighted by atomic mass is 10.1. The van der Waals surface area contributed by atoms with Crippen LogP contribution in [0.5, 0.6) is 5.75 Å². The van der Waals surface area contributed by atoms with Gasteiger partial charge in [-0.3, -0.25) is 0 Å². The van der Waals surface area contributed by atoms with Gasteiger partial charge in [-0.15, -0.1) is 0 Å². The molecule has 0 aliphatic carbocycles. The number of benzene rings is 2. The molecule has 1 aliphatic rings. The molecule has 0 radical (unpaired) electrons. The van der Waals surface area contributed by atoms with Gasteiger partial charge in [-0.1, -0.05) is 17.7 Å². The maximum Gasteiger partial charge on any atom is 0.236 e. The SMILES string of the molecule is COc1ccc(S(=O)(=O)c2nc(-c3ccc(C)cc3)oc2N2CCCCC2)cc1. The molecule has 0 atom stereocenters. The Morgan fingerprint density at radius 3 is 2.24 bits per heavy atom. The molecule has 1 saturated heterocycles. The van der Waals surface area contributed by atoms with Gasteiger partial charge in [-0.2, -0.15) is 4.98 Å². The molecule has 0 unspecified atom stereocenters. The summed E-state index contributed by atoms with van der Waals surface area (Å²) in [6.45, 7) is 3.51. The molecule has 3 aromatic rings. The zero-order valence-electron chi connectivity index (χ0n) is 16.6. The highest BCUT2D eigenvalue weighted by molar-refractivity contribution is 7.91. The van der Waals surface area contributed by atoms with Crippen LogP contribution >= 0.6 is 0 Å². The largest absolute Gasteiger partial charge is 0.497 e. The van der Waals surface area contributed by atoms with Gasteiger partial charge in [-0.25, -0.2) is 8.42 Å². The number of piperidine rings is 1. The quantitative estimate of drug-likeness (QED) is 0.615. The Kier molecular flexibility index (Phi) is 5.32. The van der Waals surface area contributed by atoms with Gasteiger partial charge in [0.2, 0.25) is 26.6 Å². The van der Waals surface area contributed by atoms with Crippen molar-refractivity contribution in [3.63, 3.8) is 0 Å². The normalized spacial score (nSPS) is 14.8. The highest BCUT2D eigenvalue weighted by Gasteiger charge is 2.32.